The summed E-state index contributed by atoms with van der Waals surface area (Å²) < 4.78 is 15.7. The second kappa shape index (κ2) is 10.7. The number of anilines is 2. The zero-order chi connectivity index (χ0) is 23.0. The Morgan fingerprint density at radius 2 is 1.58 bits per heavy atom. The molecule has 2 rings (SSSR count). The molecule has 0 radical (unpaired) electrons. The second-order valence-electron chi connectivity index (χ2n) is 6.48. The van der Waals surface area contributed by atoms with Crippen LogP contribution in [0.5, 0.6) is 17.2 Å². The Balaban J connectivity index is 2.25. The lowest BCUT2D eigenvalue weighted by molar-refractivity contribution is -0.137. The highest BCUT2D eigenvalue weighted by atomic mass is 16.5. The third-order valence-corrected chi connectivity index (χ3v) is 4.37. The van der Waals surface area contributed by atoms with E-state index in [0.29, 0.717) is 17.1 Å². The van der Waals surface area contributed by atoms with Gasteiger partial charge in [-0.25, -0.2) is 0 Å². The predicted octanol–water partition coefficient (Wildman–Crippen LogP) is 1.90. The van der Waals surface area contributed by atoms with Crippen molar-refractivity contribution in [2.75, 3.05) is 32.4 Å². The number of nitrogen functional groups attached to an aromatic ring is 1. The summed E-state index contributed by atoms with van der Waals surface area (Å²) >= 11 is 0. The predicted molar refractivity (Wildman–Crippen MR) is 114 cm³/mol. The van der Waals surface area contributed by atoms with E-state index in [9.17, 15) is 14.4 Å². The maximum atomic E-state index is 12.8. The summed E-state index contributed by atoms with van der Waals surface area (Å²) in [7, 11) is 4.26. The summed E-state index contributed by atoms with van der Waals surface area (Å²) in [6, 6.07) is 8.18. The summed E-state index contributed by atoms with van der Waals surface area (Å²) in [5, 5.41) is 14.2. The van der Waals surface area contributed by atoms with E-state index in [0.717, 1.165) is 0 Å². The van der Waals surface area contributed by atoms with E-state index in [-0.39, 0.29) is 29.9 Å². The van der Waals surface area contributed by atoms with Gasteiger partial charge in [-0.15, -0.1) is 0 Å². The molecule has 0 aliphatic heterocycles. The Hall–Kier alpha value is -3.95. The number of carbonyl (C=O) groups is 3. The fourth-order valence-corrected chi connectivity index (χ4v) is 2.79. The standard InChI is InChI=1S/C21H25N3O7/c1-29-16-10-12(11-17(30-2)19(16)31-3)20(27)24-15(8-9-18(25)26)21(28)23-14-6-4-13(22)5-7-14/h4-7,10-11,15H,8-9,22H2,1-3H3,(H,23,28)(H,24,27)(H,25,26)/t15-/m1/s1. The van der Waals surface area contributed by atoms with Gasteiger partial charge in [-0.1, -0.05) is 0 Å². The molecule has 0 unspecified atom stereocenters. The van der Waals surface area contributed by atoms with Crippen LogP contribution in [0.25, 0.3) is 0 Å². The fourth-order valence-electron chi connectivity index (χ4n) is 2.79. The van der Waals surface area contributed by atoms with Crippen LogP contribution in [0.4, 0.5) is 11.4 Å². The first kappa shape index (κ1) is 23.3. The van der Waals surface area contributed by atoms with E-state index in [1.165, 1.54) is 33.5 Å². The molecule has 2 aromatic carbocycles. The first-order chi connectivity index (χ1) is 14.8. The van der Waals surface area contributed by atoms with Crippen LogP contribution in [0.1, 0.15) is 23.2 Å². The second-order valence-corrected chi connectivity index (χ2v) is 6.48. The number of carboxylic acids is 1. The van der Waals surface area contributed by atoms with Gasteiger partial charge in [0.25, 0.3) is 5.91 Å². The number of amides is 2. The Kier molecular flexibility index (Phi) is 8.07. The molecular weight excluding hydrogens is 406 g/mol. The summed E-state index contributed by atoms with van der Waals surface area (Å²) in [6.07, 6.45) is -0.415. The van der Waals surface area contributed by atoms with Crippen molar-refractivity contribution in [1.82, 2.24) is 5.32 Å². The van der Waals surface area contributed by atoms with Crippen molar-refractivity contribution < 1.29 is 33.7 Å². The molecule has 1 atom stereocenters. The van der Waals surface area contributed by atoms with Crippen LogP contribution in [0.3, 0.4) is 0 Å². The number of benzene rings is 2. The number of nitrogens with two attached hydrogens (primary N) is 1. The molecule has 0 bridgehead atoms. The zero-order valence-electron chi connectivity index (χ0n) is 17.4. The molecule has 0 aliphatic carbocycles. The van der Waals surface area contributed by atoms with Crippen LogP contribution in [0.15, 0.2) is 36.4 Å². The zero-order valence-corrected chi connectivity index (χ0v) is 17.4. The number of nitrogens with one attached hydrogen (secondary N) is 2. The summed E-state index contributed by atoms with van der Waals surface area (Å²) in [4.78, 5) is 36.5. The van der Waals surface area contributed by atoms with Crippen molar-refractivity contribution in [3.05, 3.63) is 42.0 Å². The number of aliphatic carboxylic acids is 1. The number of carbonyl (C=O) groups excluding carboxylic acids is 2. The molecule has 31 heavy (non-hydrogen) atoms. The minimum atomic E-state index is -1.10. The van der Waals surface area contributed by atoms with Crippen LogP contribution in [-0.4, -0.2) is 50.3 Å². The molecule has 5 N–H and O–H groups in total. The summed E-state index contributed by atoms with van der Waals surface area (Å²) in [6.45, 7) is 0. The van der Waals surface area contributed by atoms with Crippen LogP contribution in [-0.2, 0) is 9.59 Å². The van der Waals surface area contributed by atoms with Crippen LogP contribution >= 0.6 is 0 Å². The van der Waals surface area contributed by atoms with Crippen molar-refractivity contribution in [3.8, 4) is 17.2 Å². The Labute approximate surface area is 179 Å². The van der Waals surface area contributed by atoms with Gasteiger partial charge in [-0.3, -0.25) is 14.4 Å². The summed E-state index contributed by atoms with van der Waals surface area (Å²) in [5.74, 6) is -1.42. The number of rotatable bonds is 10. The molecule has 0 aliphatic rings. The molecule has 10 nitrogen and oxygen atoms in total. The molecule has 0 heterocycles. The quantitative estimate of drug-likeness (QED) is 0.417. The van der Waals surface area contributed by atoms with Gasteiger partial charge >= 0.3 is 5.97 Å². The van der Waals surface area contributed by atoms with Crippen LogP contribution in [0, 0.1) is 0 Å². The van der Waals surface area contributed by atoms with E-state index in [4.69, 9.17) is 25.1 Å². The molecule has 0 saturated carbocycles. The monoisotopic (exact) mass is 431 g/mol. The highest BCUT2D eigenvalue weighted by Crippen LogP contribution is 2.38. The minimum absolute atomic E-state index is 0.105. The normalized spacial score (nSPS) is 11.2. The number of methoxy groups -OCH3 is 3. The van der Waals surface area contributed by atoms with Crippen molar-refractivity contribution in [1.29, 1.82) is 0 Å². The fraction of sp³-hybridized carbons (Fsp3) is 0.286. The third-order valence-electron chi connectivity index (χ3n) is 4.37. The van der Waals surface area contributed by atoms with Gasteiger partial charge < -0.3 is 35.7 Å². The third kappa shape index (κ3) is 6.26. The maximum Gasteiger partial charge on any atom is 0.303 e. The average molecular weight is 431 g/mol. The van der Waals surface area contributed by atoms with E-state index < -0.39 is 23.8 Å². The first-order valence-corrected chi connectivity index (χ1v) is 9.28. The van der Waals surface area contributed by atoms with E-state index in [1.54, 1.807) is 24.3 Å². The molecule has 0 saturated heterocycles. The number of hydrogen-bond donors (Lipinski definition) is 4. The van der Waals surface area contributed by atoms with Gasteiger partial charge in [0, 0.05) is 23.4 Å². The molecule has 10 heteroatoms. The largest absolute Gasteiger partial charge is 0.493 e. The average Bonchev–Trinajstić information content (AvgIpc) is 2.76. The van der Waals surface area contributed by atoms with Crippen LogP contribution in [0.2, 0.25) is 0 Å². The van der Waals surface area contributed by atoms with E-state index >= 15 is 0 Å². The topological polar surface area (TPSA) is 149 Å². The Bertz CT molecular complexity index is 919. The maximum absolute atomic E-state index is 12.8. The SMILES string of the molecule is COc1cc(C(=O)N[C@H](CCC(=O)O)C(=O)Nc2ccc(N)cc2)cc(OC)c1OC. The molecule has 0 spiro atoms. The van der Waals surface area contributed by atoms with Gasteiger partial charge in [-0.05, 0) is 42.8 Å². The lowest BCUT2D eigenvalue weighted by atomic mass is 10.1. The number of carboxylic acid groups (broad SMARTS) is 1. The van der Waals surface area contributed by atoms with E-state index in [1.807, 2.05) is 0 Å². The lowest BCUT2D eigenvalue weighted by Gasteiger charge is -2.19. The van der Waals surface area contributed by atoms with Gasteiger partial charge in [0.2, 0.25) is 11.7 Å². The molecular formula is C21H25N3O7. The van der Waals surface area contributed by atoms with E-state index in [2.05, 4.69) is 10.6 Å². The molecule has 0 aromatic heterocycles. The highest BCUT2D eigenvalue weighted by Gasteiger charge is 2.24. The van der Waals surface area contributed by atoms with Gasteiger partial charge in [0.15, 0.2) is 11.5 Å². The molecule has 166 valence electrons. The number of ether oxygens (including phenoxy) is 3. The molecule has 2 amide bonds. The van der Waals surface area contributed by atoms with Crippen molar-refractivity contribution in [3.63, 3.8) is 0 Å². The number of hydrogen-bond acceptors (Lipinski definition) is 7. The Morgan fingerprint density at radius 3 is 2.06 bits per heavy atom. The smallest absolute Gasteiger partial charge is 0.303 e. The minimum Gasteiger partial charge on any atom is -0.493 e. The van der Waals surface area contributed by atoms with Crippen molar-refractivity contribution in [2.45, 2.75) is 18.9 Å². The Morgan fingerprint density at radius 1 is 1.00 bits per heavy atom. The van der Waals surface area contributed by atoms with Crippen LogP contribution < -0.4 is 30.6 Å². The van der Waals surface area contributed by atoms with Crippen molar-refractivity contribution in [2.24, 2.45) is 0 Å². The lowest BCUT2D eigenvalue weighted by Crippen LogP contribution is -2.44. The van der Waals surface area contributed by atoms with Gasteiger partial charge in [0.1, 0.15) is 6.04 Å². The molecule has 2 aromatic rings. The first-order valence-electron chi connectivity index (χ1n) is 9.28. The highest BCUT2D eigenvalue weighted by molar-refractivity contribution is 6.02. The van der Waals surface area contributed by atoms with Gasteiger partial charge in [0.05, 0.1) is 21.3 Å². The van der Waals surface area contributed by atoms with Gasteiger partial charge in [-0.2, -0.15) is 0 Å². The van der Waals surface area contributed by atoms with Crippen molar-refractivity contribution >= 4 is 29.2 Å². The molecule has 0 fully saturated rings. The summed E-state index contributed by atoms with van der Waals surface area (Å²) in [5.41, 5.74) is 6.76.